The maximum absolute atomic E-state index is 14.9. The van der Waals surface area contributed by atoms with Gasteiger partial charge >= 0.3 is 0 Å². The molecule has 6 rings (SSSR count). The van der Waals surface area contributed by atoms with Crippen LogP contribution in [0.1, 0.15) is 116 Å². The molecule has 1 heterocycles. The van der Waals surface area contributed by atoms with Crippen molar-refractivity contribution in [2.24, 2.45) is 5.92 Å². The third-order valence-electron chi connectivity index (χ3n) is 12.4. The third-order valence-corrected chi connectivity index (χ3v) is 12.4. The van der Waals surface area contributed by atoms with Gasteiger partial charge in [-0.25, -0.2) is 0 Å². The molecule has 1 aliphatic heterocycles. The van der Waals surface area contributed by atoms with Gasteiger partial charge in [0.05, 0.1) is 12.6 Å². The lowest BCUT2D eigenvalue weighted by molar-refractivity contribution is -0.147. The van der Waals surface area contributed by atoms with Crippen LogP contribution in [0.3, 0.4) is 0 Å². The topological polar surface area (TPSA) is 174 Å². The van der Waals surface area contributed by atoms with E-state index in [4.69, 9.17) is 0 Å². The van der Waals surface area contributed by atoms with Gasteiger partial charge in [-0.3, -0.25) is 33.6 Å². The Labute approximate surface area is 365 Å². The van der Waals surface area contributed by atoms with Crippen LogP contribution in [-0.4, -0.2) is 89.8 Å². The molecule has 0 saturated heterocycles. The SMILES string of the molecule is CCCC(NC(=O)C1Cc2ccc(C)cc2CN1C(=O)[C@@H](NC(=O)CCc1ccc(C2CC2)cc1)C1CCCCC1)C(=O)C(=O)NCC(=O)NC(C(=O)N(C)C)c1ccccc1. The molecular formula is C49H62N6O7. The predicted molar refractivity (Wildman–Crippen MR) is 235 cm³/mol. The summed E-state index contributed by atoms with van der Waals surface area (Å²) in [6, 6.07) is 19.0. The van der Waals surface area contributed by atoms with Crippen LogP contribution in [0.4, 0.5) is 0 Å². The molecule has 0 radical (unpaired) electrons. The molecule has 3 aromatic rings. The van der Waals surface area contributed by atoms with Crippen LogP contribution in [0.15, 0.2) is 72.8 Å². The fourth-order valence-corrected chi connectivity index (χ4v) is 8.72. The summed E-state index contributed by atoms with van der Waals surface area (Å²) in [5.74, 6) is -3.64. The number of fused-ring (bicyclic) bond motifs is 1. The van der Waals surface area contributed by atoms with Crippen molar-refractivity contribution < 1.29 is 33.6 Å². The number of rotatable bonds is 18. The zero-order valence-electron chi connectivity index (χ0n) is 36.5. The predicted octanol–water partition coefficient (Wildman–Crippen LogP) is 4.74. The van der Waals surface area contributed by atoms with Crippen LogP contribution in [0, 0.1) is 12.8 Å². The molecule has 2 fully saturated rings. The Balaban J connectivity index is 1.15. The second-order valence-electron chi connectivity index (χ2n) is 17.5. The molecule has 2 saturated carbocycles. The molecule has 13 heteroatoms. The Morgan fingerprint density at radius 2 is 1.50 bits per heavy atom. The minimum absolute atomic E-state index is 0.0973. The fourth-order valence-electron chi connectivity index (χ4n) is 8.72. The van der Waals surface area contributed by atoms with E-state index < -0.39 is 54.2 Å². The van der Waals surface area contributed by atoms with Crippen molar-refractivity contribution in [1.29, 1.82) is 0 Å². The first-order valence-electron chi connectivity index (χ1n) is 22.3. The number of Topliss-reactive ketones (excluding diaryl/α,β-unsaturated/α-hetero) is 1. The van der Waals surface area contributed by atoms with E-state index in [0.717, 1.165) is 54.4 Å². The molecule has 4 atom stereocenters. The maximum Gasteiger partial charge on any atom is 0.290 e. The zero-order valence-corrected chi connectivity index (χ0v) is 36.5. The van der Waals surface area contributed by atoms with E-state index in [1.807, 2.05) is 32.0 Å². The number of hydrogen-bond donors (Lipinski definition) is 4. The Hall–Kier alpha value is -5.85. The summed E-state index contributed by atoms with van der Waals surface area (Å²) in [5.41, 5.74) is 5.76. The van der Waals surface area contributed by atoms with Gasteiger partial charge in [-0.15, -0.1) is 0 Å². The number of carbonyl (C=O) groups excluding carboxylic acids is 7. The zero-order chi connectivity index (χ0) is 44.3. The molecule has 3 aliphatic rings. The number of hydrogen-bond acceptors (Lipinski definition) is 7. The summed E-state index contributed by atoms with van der Waals surface area (Å²) >= 11 is 0. The quantitative estimate of drug-likeness (QED) is 0.134. The standard InChI is InChI=1S/C49H62N6O7/c1-5-12-39(45(58)47(60)50-29-42(57)53-43(48(61)54(3)4)35-13-8-6-9-14-35)51-46(59)40-28-37-21-17-31(2)27-38(37)30-55(40)49(62)44(36-15-10-7-11-16-36)52-41(56)26-20-32-18-22-33(23-19-32)34-24-25-34/h6,8-9,13-14,17-19,21-23,27,34,36,39-40,43-44H,5,7,10-12,15-16,20,24-26,28-30H2,1-4H3,(H,50,60)(H,51,59)(H,52,56)(H,53,57)/t39?,40?,43?,44-/m0/s1. The van der Waals surface area contributed by atoms with Gasteiger partial charge in [-0.1, -0.05) is 111 Å². The summed E-state index contributed by atoms with van der Waals surface area (Å²) in [6.07, 6.45) is 8.46. The molecule has 0 spiro atoms. The third kappa shape index (κ3) is 11.9. The van der Waals surface area contributed by atoms with Gasteiger partial charge in [0, 0.05) is 33.5 Å². The van der Waals surface area contributed by atoms with Crippen molar-refractivity contribution in [3.05, 3.63) is 106 Å². The highest BCUT2D eigenvalue weighted by atomic mass is 16.2. The largest absolute Gasteiger partial charge is 0.347 e. The molecule has 13 nitrogen and oxygen atoms in total. The van der Waals surface area contributed by atoms with Gasteiger partial charge in [0.2, 0.25) is 35.3 Å². The van der Waals surface area contributed by atoms with Gasteiger partial charge in [0.1, 0.15) is 18.1 Å². The Bertz CT molecular complexity index is 2090. The van der Waals surface area contributed by atoms with Crippen molar-refractivity contribution in [3.8, 4) is 0 Å². The van der Waals surface area contributed by atoms with Crippen molar-refractivity contribution in [2.45, 2.75) is 128 Å². The van der Waals surface area contributed by atoms with Crippen LogP contribution in [0.25, 0.3) is 0 Å². The van der Waals surface area contributed by atoms with Crippen LogP contribution in [-0.2, 0) is 52.9 Å². The van der Waals surface area contributed by atoms with Crippen LogP contribution in [0.5, 0.6) is 0 Å². The van der Waals surface area contributed by atoms with Crippen molar-refractivity contribution in [3.63, 3.8) is 0 Å². The lowest BCUT2D eigenvalue weighted by Gasteiger charge is -2.40. The summed E-state index contributed by atoms with van der Waals surface area (Å²) in [5, 5.41) is 10.9. The molecule has 6 amide bonds. The van der Waals surface area contributed by atoms with E-state index in [0.29, 0.717) is 24.3 Å². The average Bonchev–Trinajstić information content (AvgIpc) is 4.14. The number of nitrogens with one attached hydrogen (secondary N) is 4. The highest BCUT2D eigenvalue weighted by molar-refractivity contribution is 6.38. The lowest BCUT2D eigenvalue weighted by Crippen LogP contribution is -2.61. The number of benzene rings is 3. The first-order valence-corrected chi connectivity index (χ1v) is 22.3. The Kier molecular flexibility index (Phi) is 15.7. The number of likely N-dealkylation sites (N-methyl/N-ethyl adjacent to an activating group) is 1. The monoisotopic (exact) mass is 846 g/mol. The van der Waals surface area contributed by atoms with E-state index in [1.165, 1.54) is 23.3 Å². The smallest absolute Gasteiger partial charge is 0.290 e. The lowest BCUT2D eigenvalue weighted by atomic mass is 9.82. The maximum atomic E-state index is 14.9. The minimum Gasteiger partial charge on any atom is -0.347 e. The number of nitrogens with zero attached hydrogens (tertiary/aromatic N) is 2. The summed E-state index contributed by atoms with van der Waals surface area (Å²) in [4.78, 5) is 98.7. The second kappa shape index (κ2) is 21.3. The molecule has 0 bridgehead atoms. The number of amides is 6. The number of ketones is 1. The average molecular weight is 847 g/mol. The first kappa shape index (κ1) is 45.7. The van der Waals surface area contributed by atoms with E-state index >= 15 is 0 Å². The molecule has 0 aromatic heterocycles. The minimum atomic E-state index is -1.23. The molecule has 62 heavy (non-hydrogen) atoms. The first-order chi connectivity index (χ1) is 29.8. The normalized spacial score (nSPS) is 17.7. The number of carbonyl (C=O) groups is 7. The van der Waals surface area contributed by atoms with Gasteiger partial charge in [0.25, 0.3) is 5.91 Å². The fraction of sp³-hybridized carbons (Fsp3) is 0.490. The van der Waals surface area contributed by atoms with Gasteiger partial charge in [-0.05, 0) is 85.1 Å². The Morgan fingerprint density at radius 3 is 2.16 bits per heavy atom. The summed E-state index contributed by atoms with van der Waals surface area (Å²) in [6.45, 7) is 3.35. The van der Waals surface area contributed by atoms with Crippen LogP contribution in [0.2, 0.25) is 0 Å². The molecule has 330 valence electrons. The second-order valence-corrected chi connectivity index (χ2v) is 17.5. The van der Waals surface area contributed by atoms with Gasteiger partial charge in [-0.2, -0.15) is 0 Å². The van der Waals surface area contributed by atoms with E-state index in [-0.39, 0.29) is 49.4 Å². The molecular weight excluding hydrogens is 785 g/mol. The Morgan fingerprint density at radius 1 is 0.790 bits per heavy atom. The van der Waals surface area contributed by atoms with E-state index in [1.54, 1.807) is 49.3 Å². The molecule has 3 aromatic carbocycles. The highest BCUT2D eigenvalue weighted by Gasteiger charge is 2.42. The van der Waals surface area contributed by atoms with Crippen molar-refractivity contribution in [1.82, 2.24) is 31.1 Å². The van der Waals surface area contributed by atoms with Gasteiger partial charge < -0.3 is 31.1 Å². The van der Waals surface area contributed by atoms with Crippen LogP contribution < -0.4 is 21.3 Å². The van der Waals surface area contributed by atoms with Crippen molar-refractivity contribution >= 4 is 41.2 Å². The summed E-state index contributed by atoms with van der Waals surface area (Å²) in [7, 11) is 3.14. The van der Waals surface area contributed by atoms with E-state index in [2.05, 4.69) is 45.5 Å². The van der Waals surface area contributed by atoms with E-state index in [9.17, 15) is 33.6 Å². The molecule has 3 unspecified atom stereocenters. The molecule has 4 N–H and O–H groups in total. The number of aryl methyl sites for hydroxylation is 2. The molecule has 2 aliphatic carbocycles. The van der Waals surface area contributed by atoms with Crippen LogP contribution >= 0.6 is 0 Å². The van der Waals surface area contributed by atoms with Gasteiger partial charge in [0.15, 0.2) is 0 Å². The summed E-state index contributed by atoms with van der Waals surface area (Å²) < 4.78 is 0. The van der Waals surface area contributed by atoms with Crippen molar-refractivity contribution in [2.75, 3.05) is 20.6 Å². The highest BCUT2D eigenvalue weighted by Crippen LogP contribution is 2.40.